The van der Waals surface area contributed by atoms with Crippen LogP contribution in [0.4, 0.5) is 0 Å². The molecule has 0 aromatic heterocycles. The van der Waals surface area contributed by atoms with Gasteiger partial charge in [0.1, 0.15) is 5.60 Å². The highest BCUT2D eigenvalue weighted by atomic mass is 16.6. The van der Waals surface area contributed by atoms with Crippen molar-refractivity contribution in [3.8, 4) is 0 Å². The van der Waals surface area contributed by atoms with E-state index >= 15 is 0 Å². The molecular weight excluding hydrogens is 478 g/mol. The first kappa shape index (κ1) is 31.5. The Morgan fingerprint density at radius 2 is 1.47 bits per heavy atom. The molecule has 1 atom stereocenters. The largest absolute Gasteiger partial charge is 0.464 e. The van der Waals surface area contributed by atoms with Crippen LogP contribution < -0.4 is 5.32 Å². The summed E-state index contributed by atoms with van der Waals surface area (Å²) in [6.07, 6.45) is 6.77. The minimum absolute atomic E-state index is 0.0950. The van der Waals surface area contributed by atoms with E-state index in [4.69, 9.17) is 14.2 Å². The number of rotatable bonds is 18. The predicted octanol–water partition coefficient (Wildman–Crippen LogP) is 6.19. The van der Waals surface area contributed by atoms with E-state index in [2.05, 4.69) is 29.6 Å². The van der Waals surface area contributed by atoms with Crippen molar-refractivity contribution in [3.63, 3.8) is 0 Å². The number of ether oxygens (including phenoxy) is 3. The van der Waals surface area contributed by atoms with Gasteiger partial charge in [0.2, 0.25) is 0 Å². The van der Waals surface area contributed by atoms with Crippen LogP contribution in [0.2, 0.25) is 0 Å². The monoisotopic (exact) mass is 525 g/mol. The van der Waals surface area contributed by atoms with E-state index in [0.717, 1.165) is 56.3 Å². The molecule has 0 spiro atoms. The predicted molar refractivity (Wildman–Crippen MR) is 152 cm³/mol. The Balaban J connectivity index is 1.60. The standard InChI is InChI=1S/C32H47NO5/c1-5-36-31(35)29(37-25-28-14-10-9-11-15-28)24-27-19-17-26(18-20-27)21-23-33-22-13-8-6-7-12-16-30(34)38-32(2,3)4/h9-11,14-15,17-20,29,33H,5-8,12-13,16,21-25H2,1-4H3. The van der Waals surface area contributed by atoms with Gasteiger partial charge in [0, 0.05) is 12.8 Å². The molecule has 0 bridgehead atoms. The van der Waals surface area contributed by atoms with Crippen LogP contribution in [-0.4, -0.2) is 43.3 Å². The summed E-state index contributed by atoms with van der Waals surface area (Å²) in [5.74, 6) is -0.415. The topological polar surface area (TPSA) is 73.9 Å². The van der Waals surface area contributed by atoms with Gasteiger partial charge in [-0.25, -0.2) is 4.79 Å². The molecule has 0 radical (unpaired) electrons. The quantitative estimate of drug-likeness (QED) is 0.185. The van der Waals surface area contributed by atoms with E-state index in [-0.39, 0.29) is 11.9 Å². The third-order valence-electron chi connectivity index (χ3n) is 6.03. The van der Waals surface area contributed by atoms with E-state index in [1.807, 2.05) is 58.0 Å². The Morgan fingerprint density at radius 1 is 0.816 bits per heavy atom. The third kappa shape index (κ3) is 14.3. The summed E-state index contributed by atoms with van der Waals surface area (Å²) >= 11 is 0. The molecule has 210 valence electrons. The Kier molecular flexibility index (Phi) is 14.7. The van der Waals surface area contributed by atoms with E-state index < -0.39 is 11.7 Å². The first-order chi connectivity index (χ1) is 18.3. The number of benzene rings is 2. The lowest BCUT2D eigenvalue weighted by atomic mass is 10.0. The van der Waals surface area contributed by atoms with Gasteiger partial charge in [-0.1, -0.05) is 73.9 Å². The average Bonchev–Trinajstić information content (AvgIpc) is 2.88. The molecule has 0 heterocycles. The van der Waals surface area contributed by atoms with Crippen molar-refractivity contribution in [3.05, 3.63) is 71.3 Å². The van der Waals surface area contributed by atoms with Crippen LogP contribution in [0.5, 0.6) is 0 Å². The van der Waals surface area contributed by atoms with Crippen molar-refractivity contribution < 1.29 is 23.8 Å². The van der Waals surface area contributed by atoms with Gasteiger partial charge in [0.05, 0.1) is 13.2 Å². The Labute approximate surface area is 229 Å². The number of unbranched alkanes of at least 4 members (excludes halogenated alkanes) is 4. The van der Waals surface area contributed by atoms with Crippen molar-refractivity contribution >= 4 is 11.9 Å². The van der Waals surface area contributed by atoms with Crippen LogP contribution in [0.3, 0.4) is 0 Å². The van der Waals surface area contributed by atoms with Crippen molar-refractivity contribution in [1.82, 2.24) is 5.32 Å². The van der Waals surface area contributed by atoms with Crippen molar-refractivity contribution in [1.29, 1.82) is 0 Å². The smallest absolute Gasteiger partial charge is 0.335 e. The Morgan fingerprint density at radius 3 is 2.16 bits per heavy atom. The molecule has 6 heteroatoms. The molecule has 0 aliphatic carbocycles. The van der Waals surface area contributed by atoms with Crippen molar-refractivity contribution in [2.45, 2.75) is 97.4 Å². The fourth-order valence-electron chi connectivity index (χ4n) is 4.07. The number of carbonyl (C=O) groups excluding carboxylic acids is 2. The van der Waals surface area contributed by atoms with Crippen molar-refractivity contribution in [2.24, 2.45) is 0 Å². The highest BCUT2D eigenvalue weighted by Gasteiger charge is 2.21. The van der Waals surface area contributed by atoms with Gasteiger partial charge in [-0.05, 0) is 76.7 Å². The van der Waals surface area contributed by atoms with Crippen LogP contribution in [0.25, 0.3) is 0 Å². The highest BCUT2D eigenvalue weighted by molar-refractivity contribution is 5.75. The number of esters is 2. The zero-order valence-corrected chi connectivity index (χ0v) is 23.8. The van der Waals surface area contributed by atoms with Crippen molar-refractivity contribution in [2.75, 3.05) is 19.7 Å². The molecule has 0 fully saturated rings. The minimum Gasteiger partial charge on any atom is -0.464 e. The SMILES string of the molecule is CCOC(=O)C(Cc1ccc(CCNCCCCCCCC(=O)OC(C)(C)C)cc1)OCc1ccccc1. The van der Waals surface area contributed by atoms with Crippen LogP contribution >= 0.6 is 0 Å². The molecule has 0 saturated carbocycles. The summed E-state index contributed by atoms with van der Waals surface area (Å²) in [6.45, 7) is 10.2. The van der Waals surface area contributed by atoms with Gasteiger partial charge in [0.25, 0.3) is 0 Å². The molecule has 1 N–H and O–H groups in total. The van der Waals surface area contributed by atoms with Gasteiger partial charge >= 0.3 is 11.9 Å². The van der Waals surface area contributed by atoms with Crippen LogP contribution in [0, 0.1) is 0 Å². The fourth-order valence-corrected chi connectivity index (χ4v) is 4.07. The molecule has 0 aliphatic heterocycles. The fraction of sp³-hybridized carbons (Fsp3) is 0.562. The molecule has 2 aromatic rings. The molecule has 6 nitrogen and oxygen atoms in total. The maximum Gasteiger partial charge on any atom is 0.335 e. The second kappa shape index (κ2) is 17.7. The highest BCUT2D eigenvalue weighted by Crippen LogP contribution is 2.14. The van der Waals surface area contributed by atoms with Gasteiger partial charge in [-0.2, -0.15) is 0 Å². The first-order valence-corrected chi connectivity index (χ1v) is 14.1. The summed E-state index contributed by atoms with van der Waals surface area (Å²) < 4.78 is 16.5. The summed E-state index contributed by atoms with van der Waals surface area (Å²) in [5, 5.41) is 3.52. The number of carbonyl (C=O) groups is 2. The Bertz CT molecular complexity index is 921. The van der Waals surface area contributed by atoms with E-state index in [1.165, 1.54) is 12.0 Å². The molecule has 2 rings (SSSR count). The van der Waals surface area contributed by atoms with Gasteiger partial charge in [0.15, 0.2) is 6.10 Å². The zero-order chi connectivity index (χ0) is 27.6. The molecule has 2 aromatic carbocycles. The van der Waals surface area contributed by atoms with Gasteiger partial charge in [-0.15, -0.1) is 0 Å². The zero-order valence-electron chi connectivity index (χ0n) is 23.8. The molecule has 0 aliphatic rings. The first-order valence-electron chi connectivity index (χ1n) is 14.1. The average molecular weight is 526 g/mol. The van der Waals surface area contributed by atoms with E-state index in [0.29, 0.717) is 26.1 Å². The second-order valence-corrected chi connectivity index (χ2v) is 10.7. The molecule has 0 amide bonds. The second-order valence-electron chi connectivity index (χ2n) is 10.7. The van der Waals surface area contributed by atoms with Crippen LogP contribution in [0.1, 0.15) is 82.9 Å². The van der Waals surface area contributed by atoms with Gasteiger partial charge < -0.3 is 19.5 Å². The maximum atomic E-state index is 12.4. The molecular formula is C32H47NO5. The lowest BCUT2D eigenvalue weighted by Gasteiger charge is -2.19. The van der Waals surface area contributed by atoms with Crippen LogP contribution in [0.15, 0.2) is 54.6 Å². The molecule has 38 heavy (non-hydrogen) atoms. The number of hydrogen-bond donors (Lipinski definition) is 1. The summed E-state index contributed by atoms with van der Waals surface area (Å²) in [4.78, 5) is 24.2. The third-order valence-corrected chi connectivity index (χ3v) is 6.03. The van der Waals surface area contributed by atoms with E-state index in [1.54, 1.807) is 0 Å². The number of nitrogens with one attached hydrogen (secondary N) is 1. The summed E-state index contributed by atoms with van der Waals surface area (Å²) in [5.41, 5.74) is 2.96. The molecule has 1 unspecified atom stereocenters. The lowest BCUT2D eigenvalue weighted by Crippen LogP contribution is -2.29. The molecule has 0 saturated heterocycles. The number of hydrogen-bond acceptors (Lipinski definition) is 6. The van der Waals surface area contributed by atoms with Gasteiger partial charge in [-0.3, -0.25) is 4.79 Å². The van der Waals surface area contributed by atoms with E-state index in [9.17, 15) is 9.59 Å². The van der Waals surface area contributed by atoms with Crippen LogP contribution in [-0.2, 0) is 43.2 Å². The lowest BCUT2D eigenvalue weighted by molar-refractivity contribution is -0.157. The maximum absolute atomic E-state index is 12.4. The minimum atomic E-state index is -0.625. The Hall–Kier alpha value is -2.70. The summed E-state index contributed by atoms with van der Waals surface area (Å²) in [6, 6.07) is 18.3. The summed E-state index contributed by atoms with van der Waals surface area (Å²) in [7, 11) is 0. The normalized spacial score (nSPS) is 12.2.